The van der Waals surface area contributed by atoms with Crippen LogP contribution in [0, 0.1) is 12.7 Å². The summed E-state index contributed by atoms with van der Waals surface area (Å²) in [6, 6.07) is 5.27. The van der Waals surface area contributed by atoms with Gasteiger partial charge in [0.15, 0.2) is 0 Å². The van der Waals surface area contributed by atoms with E-state index in [0.717, 1.165) is 19.0 Å². The van der Waals surface area contributed by atoms with Crippen molar-refractivity contribution in [1.29, 1.82) is 0 Å². The highest BCUT2D eigenvalue weighted by Crippen LogP contribution is 2.31. The van der Waals surface area contributed by atoms with Crippen molar-refractivity contribution < 1.29 is 18.0 Å². The van der Waals surface area contributed by atoms with E-state index in [1.165, 1.54) is 19.1 Å². The molecule has 2 atom stereocenters. The van der Waals surface area contributed by atoms with Crippen LogP contribution < -0.4 is 15.5 Å². The average molecular weight is 458 g/mol. The van der Waals surface area contributed by atoms with Crippen LogP contribution in [-0.2, 0) is 4.79 Å². The molecule has 4 rings (SSSR count). The van der Waals surface area contributed by atoms with Crippen LogP contribution in [0.2, 0.25) is 0 Å². The monoisotopic (exact) mass is 458 g/mol. The fourth-order valence-corrected chi connectivity index (χ4v) is 4.15. The molecule has 1 saturated heterocycles. The third-order valence-corrected chi connectivity index (χ3v) is 5.71. The van der Waals surface area contributed by atoms with Crippen LogP contribution in [0.3, 0.4) is 0 Å². The number of halogens is 3. The Morgan fingerprint density at radius 1 is 1.24 bits per heavy atom. The molecule has 1 aromatic carbocycles. The number of nitrogens with zero attached hydrogens (tertiary/aromatic N) is 4. The van der Waals surface area contributed by atoms with Crippen molar-refractivity contribution in [1.82, 2.24) is 20.3 Å². The smallest absolute Gasteiger partial charge is 0.266 e. The molecule has 174 valence electrons. The van der Waals surface area contributed by atoms with E-state index in [1.807, 2.05) is 6.07 Å². The lowest BCUT2D eigenvalue weighted by atomic mass is 10.0. The predicted octanol–water partition coefficient (Wildman–Crippen LogP) is 4.30. The topological polar surface area (TPSA) is 83.0 Å². The number of rotatable bonds is 6. The molecule has 1 amide bonds. The second-order valence-electron chi connectivity index (χ2n) is 8.23. The number of aryl methyl sites for hydroxylation is 1. The molecular weight excluding hydrogens is 433 g/mol. The molecule has 0 aliphatic carbocycles. The largest absolute Gasteiger partial charge is 0.363 e. The van der Waals surface area contributed by atoms with E-state index in [4.69, 9.17) is 0 Å². The highest BCUT2D eigenvalue weighted by atomic mass is 19.3. The van der Waals surface area contributed by atoms with E-state index < -0.39 is 23.8 Å². The molecule has 1 aliphatic heterocycles. The van der Waals surface area contributed by atoms with Crippen molar-refractivity contribution >= 4 is 28.4 Å². The van der Waals surface area contributed by atoms with Gasteiger partial charge in [0.1, 0.15) is 23.3 Å². The zero-order valence-electron chi connectivity index (χ0n) is 18.6. The van der Waals surface area contributed by atoms with Gasteiger partial charge in [-0.05, 0) is 26.3 Å². The SMILES string of the molecule is CC(=O)N[C@H]1CCN(c2cc3c(NC(C)c4cccc(C(F)F)c4F)nc(C)nc3cn2)C1. The second-order valence-corrected chi connectivity index (χ2v) is 8.23. The minimum absolute atomic E-state index is 0.0527. The van der Waals surface area contributed by atoms with Crippen LogP contribution >= 0.6 is 0 Å². The van der Waals surface area contributed by atoms with Crippen LogP contribution in [0.5, 0.6) is 0 Å². The molecule has 10 heteroatoms. The number of nitrogens with one attached hydrogen (secondary N) is 2. The molecule has 0 radical (unpaired) electrons. The van der Waals surface area contributed by atoms with Gasteiger partial charge in [-0.25, -0.2) is 28.1 Å². The van der Waals surface area contributed by atoms with Gasteiger partial charge < -0.3 is 15.5 Å². The lowest BCUT2D eigenvalue weighted by Crippen LogP contribution is -2.35. The number of carbonyl (C=O) groups excluding carboxylic acids is 1. The predicted molar refractivity (Wildman–Crippen MR) is 120 cm³/mol. The van der Waals surface area contributed by atoms with Crippen LogP contribution in [0.15, 0.2) is 30.5 Å². The summed E-state index contributed by atoms with van der Waals surface area (Å²) in [5.41, 5.74) is 0.115. The molecule has 33 heavy (non-hydrogen) atoms. The number of fused-ring (bicyclic) bond motifs is 1. The summed E-state index contributed by atoms with van der Waals surface area (Å²) in [6.45, 7) is 6.29. The first kappa shape index (κ1) is 22.8. The molecule has 0 saturated carbocycles. The molecule has 7 nitrogen and oxygen atoms in total. The highest BCUT2D eigenvalue weighted by Gasteiger charge is 2.25. The van der Waals surface area contributed by atoms with E-state index in [1.54, 1.807) is 20.0 Å². The summed E-state index contributed by atoms with van der Waals surface area (Å²) in [4.78, 5) is 26.9. The Kier molecular flexibility index (Phi) is 6.35. The first-order valence-corrected chi connectivity index (χ1v) is 10.7. The summed E-state index contributed by atoms with van der Waals surface area (Å²) < 4.78 is 40.9. The molecular formula is C23H25F3N6O. The Labute approximate surface area is 189 Å². The van der Waals surface area contributed by atoms with Crippen LogP contribution in [0.25, 0.3) is 10.9 Å². The molecule has 2 aromatic heterocycles. The van der Waals surface area contributed by atoms with Crippen LogP contribution in [-0.4, -0.2) is 40.0 Å². The van der Waals surface area contributed by atoms with Crippen LogP contribution in [0.4, 0.5) is 24.8 Å². The fourth-order valence-electron chi connectivity index (χ4n) is 4.15. The molecule has 3 aromatic rings. The number of pyridine rings is 1. The average Bonchev–Trinajstić information content (AvgIpc) is 3.21. The minimum atomic E-state index is -2.89. The van der Waals surface area contributed by atoms with Gasteiger partial charge in [-0.15, -0.1) is 0 Å². The summed E-state index contributed by atoms with van der Waals surface area (Å²) in [7, 11) is 0. The van der Waals surface area contributed by atoms with Gasteiger partial charge in [-0.2, -0.15) is 0 Å². The molecule has 0 bridgehead atoms. The van der Waals surface area contributed by atoms with Gasteiger partial charge >= 0.3 is 0 Å². The highest BCUT2D eigenvalue weighted by molar-refractivity contribution is 5.90. The number of benzene rings is 1. The van der Waals surface area contributed by atoms with Crippen LogP contribution in [0.1, 0.15) is 49.7 Å². The van der Waals surface area contributed by atoms with E-state index in [9.17, 15) is 18.0 Å². The van der Waals surface area contributed by atoms with Crippen molar-refractivity contribution in [2.24, 2.45) is 0 Å². The number of alkyl halides is 2. The third-order valence-electron chi connectivity index (χ3n) is 5.71. The lowest BCUT2D eigenvalue weighted by Gasteiger charge is -2.20. The van der Waals surface area contributed by atoms with Gasteiger partial charge in [0.05, 0.1) is 23.3 Å². The first-order chi connectivity index (χ1) is 15.7. The van der Waals surface area contributed by atoms with E-state index in [2.05, 4.69) is 30.5 Å². The van der Waals surface area contributed by atoms with Crippen molar-refractivity contribution in [3.05, 3.63) is 53.2 Å². The van der Waals surface area contributed by atoms with Crippen molar-refractivity contribution in [2.45, 2.75) is 45.7 Å². The normalized spacial score (nSPS) is 16.9. The first-order valence-electron chi connectivity index (χ1n) is 10.7. The number of carbonyl (C=O) groups is 1. The number of hydrogen-bond acceptors (Lipinski definition) is 6. The summed E-state index contributed by atoms with van der Waals surface area (Å²) in [5, 5.41) is 6.77. The molecule has 1 unspecified atom stereocenters. The molecule has 3 heterocycles. The number of aromatic nitrogens is 3. The Balaban J connectivity index is 1.64. The molecule has 1 fully saturated rings. The van der Waals surface area contributed by atoms with E-state index in [0.29, 0.717) is 34.9 Å². The van der Waals surface area contributed by atoms with Gasteiger partial charge in [0, 0.05) is 37.0 Å². The molecule has 0 spiro atoms. The summed E-state index contributed by atoms with van der Waals surface area (Å²) in [5.74, 6) is 0.685. The fraction of sp³-hybridized carbons (Fsp3) is 0.391. The Bertz CT molecular complexity index is 1190. The third kappa shape index (κ3) is 4.84. The maximum atomic E-state index is 14.7. The summed E-state index contributed by atoms with van der Waals surface area (Å²) in [6.07, 6.45) is -0.431. The maximum Gasteiger partial charge on any atom is 0.266 e. The number of hydrogen-bond donors (Lipinski definition) is 2. The van der Waals surface area contributed by atoms with Crippen molar-refractivity contribution in [3.63, 3.8) is 0 Å². The Morgan fingerprint density at radius 3 is 2.73 bits per heavy atom. The van der Waals surface area contributed by atoms with Crippen molar-refractivity contribution in [3.8, 4) is 0 Å². The minimum Gasteiger partial charge on any atom is -0.363 e. The zero-order valence-corrected chi connectivity index (χ0v) is 18.6. The molecule has 1 aliphatic rings. The molecule has 2 N–H and O–H groups in total. The lowest BCUT2D eigenvalue weighted by molar-refractivity contribution is -0.119. The summed E-state index contributed by atoms with van der Waals surface area (Å²) >= 11 is 0. The number of anilines is 2. The van der Waals surface area contributed by atoms with Gasteiger partial charge in [-0.3, -0.25) is 4.79 Å². The standard InChI is InChI=1S/C23H25F3N6O/c1-12(16-5-4-6-17(21(16)24)22(25)26)28-23-18-9-20(27-10-19(18)29-13(2)30-23)32-8-7-15(11-32)31-14(3)33/h4-6,9-10,12,15,22H,7-8,11H2,1-3H3,(H,31,33)(H,28,29,30)/t12?,15-/m0/s1. The quantitative estimate of drug-likeness (QED) is 0.573. The van der Waals surface area contributed by atoms with E-state index in [-0.39, 0.29) is 17.5 Å². The van der Waals surface area contributed by atoms with Gasteiger partial charge in [0.2, 0.25) is 5.91 Å². The van der Waals surface area contributed by atoms with Crippen molar-refractivity contribution in [2.75, 3.05) is 23.3 Å². The van der Waals surface area contributed by atoms with Gasteiger partial charge in [-0.1, -0.05) is 18.2 Å². The number of amides is 1. The van der Waals surface area contributed by atoms with Gasteiger partial charge in [0.25, 0.3) is 6.43 Å². The Hall–Kier alpha value is -3.43. The second kappa shape index (κ2) is 9.21. The zero-order chi connectivity index (χ0) is 23.7. The Morgan fingerprint density at radius 2 is 2.00 bits per heavy atom. The maximum absolute atomic E-state index is 14.7. The van der Waals surface area contributed by atoms with E-state index >= 15 is 0 Å².